The Morgan fingerprint density at radius 1 is 1.39 bits per heavy atom. The smallest absolute Gasteiger partial charge is 0.274 e. The Morgan fingerprint density at radius 3 is 2.91 bits per heavy atom. The number of aromatic amines is 1. The molecule has 2 rings (SSSR count). The Balaban J connectivity index is 2.08. The maximum Gasteiger partial charge on any atom is 0.274 e. The van der Waals surface area contributed by atoms with Gasteiger partial charge in [0.2, 0.25) is 5.95 Å². The van der Waals surface area contributed by atoms with Crippen LogP contribution in [-0.2, 0) is 0 Å². The Morgan fingerprint density at radius 2 is 2.22 bits per heavy atom. The Hall–Kier alpha value is -3.16. The van der Waals surface area contributed by atoms with Gasteiger partial charge in [0.1, 0.15) is 12.3 Å². The summed E-state index contributed by atoms with van der Waals surface area (Å²) in [4.78, 5) is 13.9. The van der Waals surface area contributed by atoms with E-state index in [0.29, 0.717) is 23.8 Å². The third-order valence-corrected chi connectivity index (χ3v) is 2.79. The summed E-state index contributed by atoms with van der Waals surface area (Å²) in [6, 6.07) is 5.36. The van der Waals surface area contributed by atoms with E-state index >= 15 is 0 Å². The predicted octanol–water partition coefficient (Wildman–Crippen LogP) is 1.49. The number of aromatic nitrogens is 3. The largest absolute Gasteiger partial charge is 0.493 e. The molecule has 0 saturated carbocycles. The summed E-state index contributed by atoms with van der Waals surface area (Å²) in [5.74, 6) is 1.36. The minimum absolute atomic E-state index is 0.162. The van der Waals surface area contributed by atoms with Crippen LogP contribution in [0.2, 0.25) is 0 Å². The van der Waals surface area contributed by atoms with Gasteiger partial charge in [0.25, 0.3) is 5.56 Å². The summed E-state index contributed by atoms with van der Waals surface area (Å²) in [6.45, 7) is 5.56. The van der Waals surface area contributed by atoms with Crippen molar-refractivity contribution < 1.29 is 9.47 Å². The standard InChI is InChI=1S/C15H17N5O3/c1-4-7-23-12-6-5-11(8-13(12)22-3)9-16-19-15-17-14(21)10(2)18-20-15/h4-6,8-9H,1,7H2,2-3H3,(H2,17,19,20,21). The van der Waals surface area contributed by atoms with Gasteiger partial charge in [0, 0.05) is 0 Å². The fourth-order valence-electron chi connectivity index (χ4n) is 1.64. The Bertz CT molecular complexity index is 770. The predicted molar refractivity (Wildman–Crippen MR) is 87.3 cm³/mol. The minimum atomic E-state index is -0.317. The number of hydrazone groups is 1. The van der Waals surface area contributed by atoms with E-state index in [1.807, 2.05) is 6.07 Å². The number of aryl methyl sites for hydroxylation is 1. The molecular formula is C15H17N5O3. The van der Waals surface area contributed by atoms with Gasteiger partial charge >= 0.3 is 0 Å². The van der Waals surface area contributed by atoms with Crippen molar-refractivity contribution in [2.24, 2.45) is 5.10 Å². The van der Waals surface area contributed by atoms with Crippen molar-refractivity contribution in [3.63, 3.8) is 0 Å². The first-order chi connectivity index (χ1) is 11.1. The first kappa shape index (κ1) is 16.2. The van der Waals surface area contributed by atoms with Crippen molar-refractivity contribution in [1.29, 1.82) is 0 Å². The highest BCUT2D eigenvalue weighted by Crippen LogP contribution is 2.27. The SMILES string of the molecule is C=CCOc1ccc(C=NNc2nnc(C)c(=O)[nH]2)cc1OC. The molecule has 0 unspecified atom stereocenters. The lowest BCUT2D eigenvalue weighted by molar-refractivity contribution is 0.326. The summed E-state index contributed by atoms with van der Waals surface area (Å²) < 4.78 is 10.7. The molecule has 0 aliphatic rings. The number of H-pyrrole nitrogens is 1. The van der Waals surface area contributed by atoms with Gasteiger partial charge in [0.15, 0.2) is 11.5 Å². The van der Waals surface area contributed by atoms with Crippen LogP contribution in [0.4, 0.5) is 5.95 Å². The molecule has 0 radical (unpaired) electrons. The van der Waals surface area contributed by atoms with Crippen LogP contribution in [0, 0.1) is 6.92 Å². The van der Waals surface area contributed by atoms with E-state index in [-0.39, 0.29) is 11.5 Å². The van der Waals surface area contributed by atoms with Gasteiger partial charge < -0.3 is 9.47 Å². The van der Waals surface area contributed by atoms with Crippen molar-refractivity contribution in [1.82, 2.24) is 15.2 Å². The molecule has 8 nitrogen and oxygen atoms in total. The summed E-state index contributed by atoms with van der Waals surface area (Å²) in [5.41, 5.74) is 3.36. The van der Waals surface area contributed by atoms with Crippen molar-refractivity contribution in [2.75, 3.05) is 19.1 Å². The van der Waals surface area contributed by atoms with Gasteiger partial charge in [-0.1, -0.05) is 12.7 Å². The van der Waals surface area contributed by atoms with Crippen LogP contribution in [-0.4, -0.2) is 35.1 Å². The molecule has 1 aromatic heterocycles. The van der Waals surface area contributed by atoms with E-state index in [1.54, 1.807) is 38.5 Å². The lowest BCUT2D eigenvalue weighted by atomic mass is 10.2. The van der Waals surface area contributed by atoms with Crippen LogP contribution in [0.1, 0.15) is 11.3 Å². The van der Waals surface area contributed by atoms with E-state index in [9.17, 15) is 4.79 Å². The van der Waals surface area contributed by atoms with Crippen LogP contribution in [0.5, 0.6) is 11.5 Å². The topological polar surface area (TPSA) is 101 Å². The van der Waals surface area contributed by atoms with Gasteiger partial charge in [-0.25, -0.2) is 5.43 Å². The van der Waals surface area contributed by atoms with Crippen molar-refractivity contribution in [2.45, 2.75) is 6.92 Å². The molecule has 1 aromatic carbocycles. The van der Waals surface area contributed by atoms with Gasteiger partial charge in [-0.3, -0.25) is 9.78 Å². The summed E-state index contributed by atoms with van der Waals surface area (Å²) in [5, 5.41) is 11.5. The third-order valence-electron chi connectivity index (χ3n) is 2.79. The van der Waals surface area contributed by atoms with Gasteiger partial charge in [-0.15, -0.1) is 10.2 Å². The zero-order valence-electron chi connectivity index (χ0n) is 12.9. The fourth-order valence-corrected chi connectivity index (χ4v) is 1.64. The number of nitrogens with one attached hydrogen (secondary N) is 2. The van der Waals surface area contributed by atoms with Crippen molar-refractivity contribution in [3.8, 4) is 11.5 Å². The third kappa shape index (κ3) is 4.40. The van der Waals surface area contributed by atoms with Crippen molar-refractivity contribution >= 4 is 12.2 Å². The second-order valence-corrected chi connectivity index (χ2v) is 4.47. The molecule has 0 atom stereocenters. The van der Waals surface area contributed by atoms with Gasteiger partial charge in [-0.2, -0.15) is 5.10 Å². The number of hydrogen-bond acceptors (Lipinski definition) is 7. The second-order valence-electron chi connectivity index (χ2n) is 4.47. The molecule has 0 amide bonds. The van der Waals surface area contributed by atoms with E-state index in [0.717, 1.165) is 5.56 Å². The van der Waals surface area contributed by atoms with Crippen LogP contribution in [0.3, 0.4) is 0 Å². The normalized spacial score (nSPS) is 10.5. The Kier molecular flexibility index (Phi) is 5.45. The molecule has 1 heterocycles. The molecule has 8 heteroatoms. The van der Waals surface area contributed by atoms with Crippen LogP contribution < -0.4 is 20.5 Å². The average Bonchev–Trinajstić information content (AvgIpc) is 2.56. The fraction of sp³-hybridized carbons (Fsp3) is 0.200. The highest BCUT2D eigenvalue weighted by atomic mass is 16.5. The molecule has 0 aliphatic heterocycles. The molecular weight excluding hydrogens is 298 g/mol. The van der Waals surface area contributed by atoms with Crippen molar-refractivity contribution in [3.05, 3.63) is 52.5 Å². The quantitative estimate of drug-likeness (QED) is 0.456. The van der Waals surface area contributed by atoms with Crippen LogP contribution in [0.15, 0.2) is 40.8 Å². The monoisotopic (exact) mass is 315 g/mol. The molecule has 0 spiro atoms. The highest BCUT2D eigenvalue weighted by molar-refractivity contribution is 5.81. The van der Waals surface area contributed by atoms with E-state index < -0.39 is 0 Å². The summed E-state index contributed by atoms with van der Waals surface area (Å²) >= 11 is 0. The average molecular weight is 315 g/mol. The number of methoxy groups -OCH3 is 1. The number of benzene rings is 1. The summed E-state index contributed by atoms with van der Waals surface area (Å²) in [6.07, 6.45) is 3.21. The number of ether oxygens (including phenoxy) is 2. The zero-order valence-corrected chi connectivity index (χ0v) is 12.9. The van der Waals surface area contributed by atoms with Gasteiger partial charge in [-0.05, 0) is 30.7 Å². The number of rotatable bonds is 7. The first-order valence-electron chi connectivity index (χ1n) is 6.78. The molecule has 2 aromatic rings. The maximum absolute atomic E-state index is 11.4. The zero-order chi connectivity index (χ0) is 16.7. The first-order valence-corrected chi connectivity index (χ1v) is 6.78. The lowest BCUT2D eigenvalue weighted by Crippen LogP contribution is -2.15. The second kappa shape index (κ2) is 7.74. The maximum atomic E-state index is 11.4. The number of hydrogen-bond donors (Lipinski definition) is 2. The van der Waals surface area contributed by atoms with E-state index in [1.165, 1.54) is 0 Å². The summed E-state index contributed by atoms with van der Waals surface area (Å²) in [7, 11) is 1.56. The van der Waals surface area contributed by atoms with Gasteiger partial charge in [0.05, 0.1) is 13.3 Å². The minimum Gasteiger partial charge on any atom is -0.493 e. The van der Waals surface area contributed by atoms with Crippen LogP contribution in [0.25, 0.3) is 0 Å². The molecule has 23 heavy (non-hydrogen) atoms. The van der Waals surface area contributed by atoms with E-state index in [2.05, 4.69) is 32.3 Å². The highest BCUT2D eigenvalue weighted by Gasteiger charge is 2.04. The lowest BCUT2D eigenvalue weighted by Gasteiger charge is -2.09. The van der Waals surface area contributed by atoms with E-state index in [4.69, 9.17) is 9.47 Å². The Labute approximate surface area is 132 Å². The number of anilines is 1. The van der Waals surface area contributed by atoms with Crippen LogP contribution >= 0.6 is 0 Å². The molecule has 0 bridgehead atoms. The molecule has 2 N–H and O–H groups in total. The molecule has 120 valence electrons. The number of nitrogens with zero attached hydrogens (tertiary/aromatic N) is 3. The molecule has 0 fully saturated rings. The molecule has 0 saturated heterocycles. The molecule has 0 aliphatic carbocycles.